The van der Waals surface area contributed by atoms with Gasteiger partial charge in [-0.05, 0) is 41.5 Å². The van der Waals surface area contributed by atoms with Gasteiger partial charge >= 0.3 is 0 Å². The molecule has 0 aliphatic carbocycles. The van der Waals surface area contributed by atoms with Crippen molar-refractivity contribution in [2.45, 2.75) is 18.3 Å². The number of hydrogen-bond donors (Lipinski definition) is 0. The molecule has 0 saturated carbocycles. The molecule has 1 aromatic carbocycles. The number of aromatic nitrogens is 4. The van der Waals surface area contributed by atoms with Crippen LogP contribution in [0.2, 0.25) is 0 Å². The van der Waals surface area contributed by atoms with Crippen LogP contribution in [-0.4, -0.2) is 51.1 Å². The summed E-state index contributed by atoms with van der Waals surface area (Å²) in [4.78, 5) is 28.0. The molecule has 4 heterocycles. The van der Waals surface area contributed by atoms with Crippen LogP contribution in [-0.2, 0) is 11.2 Å². The van der Waals surface area contributed by atoms with Gasteiger partial charge in [-0.1, -0.05) is 23.4 Å². The summed E-state index contributed by atoms with van der Waals surface area (Å²) in [6, 6.07) is 15.2. The fourth-order valence-corrected chi connectivity index (χ4v) is 4.22. The van der Waals surface area contributed by atoms with Gasteiger partial charge in [-0.15, -0.1) is 0 Å². The third-order valence-electron chi connectivity index (χ3n) is 6.00. The molecule has 1 fully saturated rings. The van der Waals surface area contributed by atoms with E-state index >= 15 is 0 Å². The second kappa shape index (κ2) is 9.20. The Morgan fingerprint density at radius 2 is 1.82 bits per heavy atom. The lowest BCUT2D eigenvalue weighted by Crippen LogP contribution is -2.30. The van der Waals surface area contributed by atoms with Crippen LogP contribution in [0.4, 0.5) is 0 Å². The van der Waals surface area contributed by atoms with Crippen LogP contribution in [0, 0.1) is 0 Å². The van der Waals surface area contributed by atoms with Crippen molar-refractivity contribution in [2.24, 2.45) is 0 Å². The van der Waals surface area contributed by atoms with E-state index in [9.17, 15) is 4.79 Å². The SMILES string of the molecule is COc1ccc(CC(=O)N2C[C@@H](c3cccnc3)[C@H](c3nc(-c4ccncc4)no3)C2)cc1. The number of nitrogens with zero attached hydrogens (tertiary/aromatic N) is 5. The van der Waals surface area contributed by atoms with Crippen molar-refractivity contribution in [2.75, 3.05) is 20.2 Å². The molecule has 1 aliphatic heterocycles. The van der Waals surface area contributed by atoms with Crippen LogP contribution in [0.15, 0.2) is 77.8 Å². The molecular formula is C25H23N5O3. The first-order valence-electron chi connectivity index (χ1n) is 10.8. The zero-order valence-corrected chi connectivity index (χ0v) is 18.2. The van der Waals surface area contributed by atoms with E-state index in [1.54, 1.807) is 25.7 Å². The number of benzene rings is 1. The molecule has 5 rings (SSSR count). The molecule has 2 atom stereocenters. The Labute approximate surface area is 191 Å². The van der Waals surface area contributed by atoms with E-state index < -0.39 is 0 Å². The summed E-state index contributed by atoms with van der Waals surface area (Å²) in [5, 5.41) is 4.17. The van der Waals surface area contributed by atoms with Crippen molar-refractivity contribution in [3.05, 3.63) is 90.3 Å². The molecule has 0 unspecified atom stereocenters. The Morgan fingerprint density at radius 3 is 2.55 bits per heavy atom. The second-order valence-corrected chi connectivity index (χ2v) is 8.02. The Hall–Kier alpha value is -4.07. The lowest BCUT2D eigenvalue weighted by Gasteiger charge is -2.16. The van der Waals surface area contributed by atoms with Crippen molar-refractivity contribution >= 4 is 5.91 Å². The summed E-state index contributed by atoms with van der Waals surface area (Å²) >= 11 is 0. The molecule has 1 aliphatic rings. The van der Waals surface area contributed by atoms with E-state index in [4.69, 9.17) is 9.26 Å². The molecule has 166 valence electrons. The first-order chi connectivity index (χ1) is 16.2. The number of carbonyl (C=O) groups is 1. The average molecular weight is 441 g/mol. The zero-order chi connectivity index (χ0) is 22.6. The minimum atomic E-state index is -0.114. The van der Waals surface area contributed by atoms with Gasteiger partial charge in [-0.25, -0.2) is 0 Å². The van der Waals surface area contributed by atoms with Gasteiger partial charge < -0.3 is 14.2 Å². The summed E-state index contributed by atoms with van der Waals surface area (Å²) in [7, 11) is 1.63. The third-order valence-corrected chi connectivity index (χ3v) is 6.00. The maximum Gasteiger partial charge on any atom is 0.232 e. The molecule has 8 heteroatoms. The maximum atomic E-state index is 13.2. The molecular weight excluding hydrogens is 418 g/mol. The quantitative estimate of drug-likeness (QED) is 0.452. The predicted octanol–water partition coefficient (Wildman–Crippen LogP) is 3.49. The van der Waals surface area contributed by atoms with Gasteiger partial charge in [0.15, 0.2) is 0 Å². The Kier molecular flexibility index (Phi) is 5.80. The van der Waals surface area contributed by atoms with Crippen LogP contribution in [0.3, 0.4) is 0 Å². The average Bonchev–Trinajstić information content (AvgIpc) is 3.53. The van der Waals surface area contributed by atoms with E-state index in [2.05, 4.69) is 20.1 Å². The molecule has 0 spiro atoms. The minimum Gasteiger partial charge on any atom is -0.497 e. The number of carbonyl (C=O) groups excluding carboxylic acids is 1. The first-order valence-corrected chi connectivity index (χ1v) is 10.8. The molecule has 3 aromatic heterocycles. The van der Waals surface area contributed by atoms with Crippen molar-refractivity contribution in [3.63, 3.8) is 0 Å². The highest BCUT2D eigenvalue weighted by atomic mass is 16.5. The Balaban J connectivity index is 1.39. The van der Waals surface area contributed by atoms with Crippen LogP contribution >= 0.6 is 0 Å². The summed E-state index contributed by atoms with van der Waals surface area (Å²) in [6.07, 6.45) is 7.30. The molecule has 0 radical (unpaired) electrons. The number of methoxy groups -OCH3 is 1. The standard InChI is InChI=1S/C25H23N5O3/c1-32-20-6-4-17(5-7-20)13-23(31)30-15-21(19-3-2-10-27-14-19)22(16-30)25-28-24(29-33-25)18-8-11-26-12-9-18/h2-12,14,21-22H,13,15-16H2,1H3/t21-,22+/m0/s1. The zero-order valence-electron chi connectivity index (χ0n) is 18.2. The van der Waals surface area contributed by atoms with E-state index in [0.717, 1.165) is 22.4 Å². The smallest absolute Gasteiger partial charge is 0.232 e. The van der Waals surface area contributed by atoms with E-state index in [1.807, 2.05) is 59.6 Å². The molecule has 8 nitrogen and oxygen atoms in total. The van der Waals surface area contributed by atoms with Crippen molar-refractivity contribution in [1.29, 1.82) is 0 Å². The summed E-state index contributed by atoms with van der Waals surface area (Å²) < 4.78 is 10.9. The number of amides is 1. The fourth-order valence-electron chi connectivity index (χ4n) is 4.22. The lowest BCUT2D eigenvalue weighted by atomic mass is 9.90. The van der Waals surface area contributed by atoms with Gasteiger partial charge in [0.05, 0.1) is 19.4 Å². The third kappa shape index (κ3) is 4.45. The van der Waals surface area contributed by atoms with Gasteiger partial charge in [0.1, 0.15) is 5.75 Å². The van der Waals surface area contributed by atoms with Gasteiger partial charge in [-0.3, -0.25) is 14.8 Å². The highest BCUT2D eigenvalue weighted by Crippen LogP contribution is 2.39. The van der Waals surface area contributed by atoms with E-state index in [-0.39, 0.29) is 17.7 Å². The van der Waals surface area contributed by atoms with E-state index in [0.29, 0.717) is 31.2 Å². The minimum absolute atomic E-state index is 0.0178. The molecule has 4 aromatic rings. The lowest BCUT2D eigenvalue weighted by molar-refractivity contribution is -0.129. The van der Waals surface area contributed by atoms with Gasteiger partial charge in [0, 0.05) is 49.4 Å². The van der Waals surface area contributed by atoms with Crippen LogP contribution in [0.5, 0.6) is 5.75 Å². The highest BCUT2D eigenvalue weighted by Gasteiger charge is 2.40. The van der Waals surface area contributed by atoms with Crippen LogP contribution < -0.4 is 4.74 Å². The van der Waals surface area contributed by atoms with E-state index in [1.165, 1.54) is 0 Å². The summed E-state index contributed by atoms with van der Waals surface area (Å²) in [6.45, 7) is 1.07. The normalized spacial score (nSPS) is 17.8. The first kappa shape index (κ1) is 20.8. The predicted molar refractivity (Wildman–Crippen MR) is 121 cm³/mol. The van der Waals surface area contributed by atoms with Crippen molar-refractivity contribution in [1.82, 2.24) is 25.0 Å². The summed E-state index contributed by atoms with van der Waals surface area (Å²) in [5.41, 5.74) is 2.83. The van der Waals surface area contributed by atoms with Crippen molar-refractivity contribution in [3.8, 4) is 17.1 Å². The number of rotatable bonds is 6. The van der Waals surface area contributed by atoms with Crippen LogP contribution in [0.1, 0.15) is 28.9 Å². The molecule has 0 N–H and O–H groups in total. The maximum absolute atomic E-state index is 13.2. The fraction of sp³-hybridized carbons (Fsp3) is 0.240. The molecule has 33 heavy (non-hydrogen) atoms. The Bertz CT molecular complexity index is 1210. The van der Waals surface area contributed by atoms with Gasteiger partial charge in [0.25, 0.3) is 0 Å². The molecule has 1 saturated heterocycles. The number of pyridine rings is 2. The van der Waals surface area contributed by atoms with Crippen molar-refractivity contribution < 1.29 is 14.1 Å². The Morgan fingerprint density at radius 1 is 1.03 bits per heavy atom. The second-order valence-electron chi connectivity index (χ2n) is 8.02. The van der Waals surface area contributed by atoms with Gasteiger partial charge in [0.2, 0.25) is 17.6 Å². The molecule has 0 bridgehead atoms. The number of likely N-dealkylation sites (tertiary alicyclic amines) is 1. The van der Waals surface area contributed by atoms with Crippen LogP contribution in [0.25, 0.3) is 11.4 Å². The largest absolute Gasteiger partial charge is 0.497 e. The van der Waals surface area contributed by atoms with Gasteiger partial charge in [-0.2, -0.15) is 4.98 Å². The number of hydrogen-bond acceptors (Lipinski definition) is 7. The highest BCUT2D eigenvalue weighted by molar-refractivity contribution is 5.79. The topological polar surface area (TPSA) is 94.2 Å². The molecule has 1 amide bonds. The number of ether oxygens (including phenoxy) is 1. The summed E-state index contributed by atoms with van der Waals surface area (Å²) in [5.74, 6) is 1.77. The monoisotopic (exact) mass is 441 g/mol.